The molecule has 0 spiro atoms. The fourth-order valence-electron chi connectivity index (χ4n) is 7.72. The van der Waals surface area contributed by atoms with E-state index in [1.165, 1.54) is 103 Å². The Morgan fingerprint density at radius 1 is 0.740 bits per heavy atom. The number of carbonyl (C=O) groups is 3. The number of phenolic OH excluding ortho intramolecular Hbond substituents is 1. The Hall–Kier alpha value is -2.02. The molecular formula is C43H72N2O4S. The molecule has 284 valence electrons. The first-order valence-corrected chi connectivity index (χ1v) is 21.4. The van der Waals surface area contributed by atoms with E-state index in [1.54, 1.807) is 0 Å². The fourth-order valence-corrected chi connectivity index (χ4v) is 9.07. The highest BCUT2D eigenvalue weighted by Crippen LogP contribution is 2.42. The standard InChI is InChI=1S/C43H72N2O4S/c1-8-9-10-11-12-13-14-15-16-17-18-19-20-21-22-23-28-50-33-25-26-34-35(31-33)41(49)45(40(34)48)44-38(46)27-24-32-29-36(42(2,3)4)39(47)37(30-32)43(5,6)7/h29-30,33-35,47H,8-28,31H2,1-7H3,(H,44,46). The lowest BCUT2D eigenvalue weighted by molar-refractivity contribution is -0.149. The Morgan fingerprint density at radius 2 is 1.20 bits per heavy atom. The average Bonchev–Trinajstić information content (AvgIpc) is 3.28. The number of hydrazine groups is 1. The van der Waals surface area contributed by atoms with Crippen LogP contribution in [0.3, 0.4) is 0 Å². The summed E-state index contributed by atoms with van der Waals surface area (Å²) in [6.07, 6.45) is 25.0. The van der Waals surface area contributed by atoms with Gasteiger partial charge in [0, 0.05) is 11.7 Å². The highest BCUT2D eigenvalue weighted by atomic mass is 32.2. The molecule has 1 aliphatic carbocycles. The monoisotopic (exact) mass is 713 g/mol. The SMILES string of the molecule is CCCCCCCCCCCCCCCCCCSC1CCC2C(=O)N(NC(=O)CCc3cc(C(C)(C)C)c(O)c(C(C)(C)C)c3)C(=O)C2C1. The Labute approximate surface area is 310 Å². The van der Waals surface area contributed by atoms with Gasteiger partial charge in [-0.25, -0.2) is 0 Å². The first-order valence-electron chi connectivity index (χ1n) is 20.4. The van der Waals surface area contributed by atoms with Gasteiger partial charge in [0.1, 0.15) is 5.75 Å². The molecule has 0 aromatic heterocycles. The first kappa shape index (κ1) is 42.4. The van der Waals surface area contributed by atoms with E-state index >= 15 is 0 Å². The van der Waals surface area contributed by atoms with Gasteiger partial charge < -0.3 is 5.11 Å². The smallest absolute Gasteiger partial charge is 0.252 e. The van der Waals surface area contributed by atoms with Gasteiger partial charge in [0.05, 0.1) is 11.8 Å². The predicted molar refractivity (Wildman–Crippen MR) is 210 cm³/mol. The summed E-state index contributed by atoms with van der Waals surface area (Å²) in [6, 6.07) is 3.96. The summed E-state index contributed by atoms with van der Waals surface area (Å²) in [5, 5.41) is 12.5. The minimum atomic E-state index is -0.331. The molecule has 1 aromatic rings. The van der Waals surface area contributed by atoms with Gasteiger partial charge in [0.2, 0.25) is 5.91 Å². The van der Waals surface area contributed by atoms with Gasteiger partial charge in [-0.05, 0) is 65.4 Å². The molecule has 1 saturated heterocycles. The number of unbranched alkanes of at least 4 members (excludes halogenated alkanes) is 15. The number of aryl methyl sites for hydroxylation is 1. The second kappa shape index (κ2) is 20.9. The fraction of sp³-hybridized carbons (Fsp3) is 0.791. The van der Waals surface area contributed by atoms with Gasteiger partial charge in [-0.2, -0.15) is 16.8 Å². The molecule has 0 bridgehead atoms. The van der Waals surface area contributed by atoms with Crippen molar-refractivity contribution >= 4 is 29.5 Å². The lowest BCUT2D eigenvalue weighted by Crippen LogP contribution is -2.46. The van der Waals surface area contributed by atoms with Crippen molar-refractivity contribution in [2.24, 2.45) is 11.8 Å². The molecule has 6 nitrogen and oxygen atoms in total. The lowest BCUT2D eigenvalue weighted by Gasteiger charge is -2.28. The average molecular weight is 713 g/mol. The van der Waals surface area contributed by atoms with Crippen LogP contribution in [0.15, 0.2) is 12.1 Å². The van der Waals surface area contributed by atoms with E-state index in [2.05, 4.69) is 53.9 Å². The number of aromatic hydroxyl groups is 1. The van der Waals surface area contributed by atoms with Crippen molar-refractivity contribution in [3.63, 3.8) is 0 Å². The summed E-state index contributed by atoms with van der Waals surface area (Å²) in [6.45, 7) is 14.7. The number of rotatable bonds is 22. The molecule has 1 heterocycles. The molecule has 2 fully saturated rings. The quantitative estimate of drug-likeness (QED) is 0.0923. The van der Waals surface area contributed by atoms with Crippen LogP contribution in [0.25, 0.3) is 0 Å². The number of phenols is 1. The number of nitrogens with zero attached hydrogens (tertiary/aromatic N) is 1. The summed E-state index contributed by atoms with van der Waals surface area (Å²) in [4.78, 5) is 39.6. The van der Waals surface area contributed by atoms with E-state index in [4.69, 9.17) is 0 Å². The minimum absolute atomic E-state index is 0.155. The Kier molecular flexibility index (Phi) is 17.7. The molecule has 1 aliphatic heterocycles. The molecule has 1 aromatic carbocycles. The van der Waals surface area contributed by atoms with Crippen LogP contribution in [-0.2, 0) is 31.6 Å². The number of thioether (sulfide) groups is 1. The largest absolute Gasteiger partial charge is 0.507 e. The number of fused-ring (bicyclic) bond motifs is 1. The topological polar surface area (TPSA) is 86.7 Å². The Balaban J connectivity index is 1.31. The number of nitrogens with one attached hydrogen (secondary N) is 1. The molecule has 1 saturated carbocycles. The molecule has 3 rings (SSSR count). The van der Waals surface area contributed by atoms with Crippen LogP contribution in [0.1, 0.15) is 194 Å². The molecule has 3 amide bonds. The zero-order chi connectivity index (χ0) is 36.7. The van der Waals surface area contributed by atoms with E-state index in [0.29, 0.717) is 17.4 Å². The number of imide groups is 1. The van der Waals surface area contributed by atoms with Gasteiger partial charge >= 0.3 is 0 Å². The van der Waals surface area contributed by atoms with E-state index in [0.717, 1.165) is 46.7 Å². The number of hydrogen-bond donors (Lipinski definition) is 2. The third-order valence-electron chi connectivity index (χ3n) is 10.9. The highest BCUT2D eigenvalue weighted by Gasteiger charge is 2.51. The van der Waals surface area contributed by atoms with Gasteiger partial charge in [-0.15, -0.1) is 0 Å². The van der Waals surface area contributed by atoms with E-state index in [-0.39, 0.29) is 46.8 Å². The van der Waals surface area contributed by atoms with Crippen LogP contribution < -0.4 is 5.43 Å². The zero-order valence-electron chi connectivity index (χ0n) is 33.0. The van der Waals surface area contributed by atoms with Crippen molar-refractivity contribution in [3.05, 3.63) is 28.8 Å². The number of carbonyl (C=O) groups excluding carboxylic acids is 3. The van der Waals surface area contributed by atoms with Gasteiger partial charge in [0.15, 0.2) is 0 Å². The maximum absolute atomic E-state index is 13.3. The van der Waals surface area contributed by atoms with E-state index in [9.17, 15) is 19.5 Å². The molecular weight excluding hydrogens is 641 g/mol. The van der Waals surface area contributed by atoms with Gasteiger partial charge in [-0.1, -0.05) is 157 Å². The van der Waals surface area contributed by atoms with E-state index < -0.39 is 0 Å². The summed E-state index contributed by atoms with van der Waals surface area (Å²) in [5.74, 6) is -0.0107. The second-order valence-electron chi connectivity index (χ2n) is 17.4. The molecule has 2 aliphatic rings. The normalized spacial score (nSPS) is 19.7. The third-order valence-corrected chi connectivity index (χ3v) is 12.3. The van der Waals surface area contributed by atoms with Crippen LogP contribution in [-0.4, -0.2) is 38.8 Å². The van der Waals surface area contributed by atoms with Crippen molar-refractivity contribution in [2.75, 3.05) is 5.75 Å². The summed E-state index contributed by atoms with van der Waals surface area (Å²) in [5.41, 5.74) is 4.83. The summed E-state index contributed by atoms with van der Waals surface area (Å²) in [7, 11) is 0. The van der Waals surface area contributed by atoms with Crippen LogP contribution in [0.4, 0.5) is 0 Å². The number of benzene rings is 1. The lowest BCUT2D eigenvalue weighted by atomic mass is 9.78. The van der Waals surface area contributed by atoms with E-state index in [1.807, 2.05) is 23.9 Å². The molecule has 3 unspecified atom stereocenters. The van der Waals surface area contributed by atoms with Crippen LogP contribution in [0.2, 0.25) is 0 Å². The van der Waals surface area contributed by atoms with Gasteiger partial charge in [0.25, 0.3) is 11.8 Å². The van der Waals surface area contributed by atoms with Crippen molar-refractivity contribution in [1.29, 1.82) is 0 Å². The van der Waals surface area contributed by atoms with Crippen molar-refractivity contribution in [2.45, 2.75) is 199 Å². The van der Waals surface area contributed by atoms with Crippen molar-refractivity contribution < 1.29 is 19.5 Å². The molecule has 50 heavy (non-hydrogen) atoms. The maximum atomic E-state index is 13.3. The number of hydrogen-bond acceptors (Lipinski definition) is 5. The summed E-state index contributed by atoms with van der Waals surface area (Å²) >= 11 is 1.98. The van der Waals surface area contributed by atoms with Crippen molar-refractivity contribution in [1.82, 2.24) is 10.4 Å². The summed E-state index contributed by atoms with van der Waals surface area (Å²) < 4.78 is 0. The van der Waals surface area contributed by atoms with Crippen LogP contribution in [0.5, 0.6) is 5.75 Å². The van der Waals surface area contributed by atoms with Gasteiger partial charge in [-0.3, -0.25) is 19.8 Å². The third kappa shape index (κ3) is 13.5. The first-order chi connectivity index (χ1) is 23.7. The molecule has 2 N–H and O–H groups in total. The highest BCUT2D eigenvalue weighted by molar-refractivity contribution is 7.99. The van der Waals surface area contributed by atoms with Crippen molar-refractivity contribution in [3.8, 4) is 5.75 Å². The number of amides is 3. The Morgan fingerprint density at radius 3 is 1.68 bits per heavy atom. The van der Waals surface area contributed by atoms with Crippen LogP contribution in [0, 0.1) is 11.8 Å². The maximum Gasteiger partial charge on any atom is 0.252 e. The molecule has 0 radical (unpaired) electrons. The second-order valence-corrected chi connectivity index (χ2v) is 18.8. The minimum Gasteiger partial charge on any atom is -0.507 e. The predicted octanol–water partition coefficient (Wildman–Crippen LogP) is 11.1. The molecule has 7 heteroatoms. The van der Waals surface area contributed by atoms with Crippen LogP contribution >= 0.6 is 11.8 Å². The molecule has 3 atom stereocenters. The Bertz CT molecular complexity index is 1180. The zero-order valence-corrected chi connectivity index (χ0v) is 33.8.